The van der Waals surface area contributed by atoms with Crippen molar-refractivity contribution in [3.63, 3.8) is 0 Å². The summed E-state index contributed by atoms with van der Waals surface area (Å²) < 4.78 is 11.2. The Bertz CT molecular complexity index is 493. The minimum absolute atomic E-state index is 0.157. The Balaban J connectivity index is 2.02. The first-order chi connectivity index (χ1) is 10.0. The Morgan fingerprint density at radius 3 is 2.48 bits per heavy atom. The van der Waals surface area contributed by atoms with Crippen LogP contribution in [0.1, 0.15) is 37.0 Å². The third kappa shape index (κ3) is 3.88. The van der Waals surface area contributed by atoms with Crippen molar-refractivity contribution in [2.75, 3.05) is 20.2 Å². The topological polar surface area (TPSA) is 59.0 Å². The monoisotopic (exact) mass is 293 g/mol. The second-order valence-electron chi connectivity index (χ2n) is 5.62. The zero-order valence-electron chi connectivity index (χ0n) is 12.8. The Hall–Kier alpha value is -1.75. The van der Waals surface area contributed by atoms with Gasteiger partial charge in [0, 0.05) is 19.1 Å². The first kappa shape index (κ1) is 15.6. The highest BCUT2D eigenvalue weighted by atomic mass is 16.5. The molecule has 0 aromatic heterocycles. The van der Waals surface area contributed by atoms with Crippen LogP contribution in [0.25, 0.3) is 0 Å². The number of carboxylic acids is 1. The summed E-state index contributed by atoms with van der Waals surface area (Å²) in [4.78, 5) is 13.4. The number of methoxy groups -OCH3 is 1. The minimum Gasteiger partial charge on any atom is -0.493 e. The molecule has 2 rings (SSSR count). The van der Waals surface area contributed by atoms with Crippen LogP contribution < -0.4 is 9.47 Å². The summed E-state index contributed by atoms with van der Waals surface area (Å²) in [5, 5.41) is 9.00. The molecule has 1 aromatic carbocycles. The van der Waals surface area contributed by atoms with Crippen LogP contribution in [-0.4, -0.2) is 48.3 Å². The molecule has 1 fully saturated rings. The van der Waals surface area contributed by atoms with Crippen LogP contribution in [0.5, 0.6) is 11.5 Å². The van der Waals surface area contributed by atoms with Gasteiger partial charge in [0.25, 0.3) is 0 Å². The van der Waals surface area contributed by atoms with E-state index in [1.54, 1.807) is 12.1 Å². The number of rotatable bonds is 5. The summed E-state index contributed by atoms with van der Waals surface area (Å²) >= 11 is 0. The average Bonchev–Trinajstić information content (AvgIpc) is 2.48. The fraction of sp³-hybridized carbons (Fsp3) is 0.562. The number of hydrogen-bond acceptors (Lipinski definition) is 4. The van der Waals surface area contributed by atoms with Crippen molar-refractivity contribution >= 4 is 5.97 Å². The zero-order chi connectivity index (χ0) is 15.4. The van der Waals surface area contributed by atoms with Gasteiger partial charge in [0.15, 0.2) is 11.5 Å². The largest absolute Gasteiger partial charge is 0.493 e. The van der Waals surface area contributed by atoms with Crippen molar-refractivity contribution in [3.05, 3.63) is 23.8 Å². The molecule has 5 nitrogen and oxygen atoms in total. The first-order valence-electron chi connectivity index (χ1n) is 7.33. The van der Waals surface area contributed by atoms with Gasteiger partial charge in [0.2, 0.25) is 0 Å². The molecule has 0 spiro atoms. The minimum atomic E-state index is -0.968. The normalized spacial score (nSPS) is 17.0. The highest BCUT2D eigenvalue weighted by molar-refractivity contribution is 5.88. The van der Waals surface area contributed by atoms with Crippen LogP contribution in [0.3, 0.4) is 0 Å². The van der Waals surface area contributed by atoms with Gasteiger partial charge in [-0.1, -0.05) is 0 Å². The van der Waals surface area contributed by atoms with Crippen molar-refractivity contribution in [1.82, 2.24) is 4.90 Å². The molecule has 1 aliphatic rings. The van der Waals surface area contributed by atoms with Crippen LogP contribution in [0, 0.1) is 0 Å². The van der Waals surface area contributed by atoms with Gasteiger partial charge in [-0.25, -0.2) is 4.79 Å². The number of nitrogens with zero attached hydrogens (tertiary/aromatic N) is 1. The Kier molecular flexibility index (Phi) is 5.07. The highest BCUT2D eigenvalue weighted by Gasteiger charge is 2.23. The van der Waals surface area contributed by atoms with E-state index in [1.807, 2.05) is 0 Å². The van der Waals surface area contributed by atoms with E-state index in [-0.39, 0.29) is 11.7 Å². The van der Waals surface area contributed by atoms with E-state index in [2.05, 4.69) is 18.7 Å². The third-order valence-electron chi connectivity index (χ3n) is 3.91. The summed E-state index contributed by atoms with van der Waals surface area (Å²) in [7, 11) is 1.52. The zero-order valence-corrected chi connectivity index (χ0v) is 12.8. The van der Waals surface area contributed by atoms with Gasteiger partial charge >= 0.3 is 5.97 Å². The molecule has 5 heteroatoms. The molecule has 1 aliphatic heterocycles. The quantitative estimate of drug-likeness (QED) is 0.904. The molecule has 0 atom stereocenters. The number of carboxylic acid groups (broad SMARTS) is 1. The number of hydrogen-bond donors (Lipinski definition) is 1. The first-order valence-corrected chi connectivity index (χ1v) is 7.33. The van der Waals surface area contributed by atoms with Crippen LogP contribution in [-0.2, 0) is 0 Å². The number of aromatic carboxylic acids is 1. The summed E-state index contributed by atoms with van der Waals surface area (Å²) in [5.74, 6) is 0.122. The van der Waals surface area contributed by atoms with E-state index in [1.165, 1.54) is 13.2 Å². The second kappa shape index (κ2) is 6.80. The highest BCUT2D eigenvalue weighted by Crippen LogP contribution is 2.30. The van der Waals surface area contributed by atoms with Crippen LogP contribution in [0.15, 0.2) is 18.2 Å². The Labute approximate surface area is 125 Å². The maximum Gasteiger partial charge on any atom is 0.335 e. The molecule has 0 unspecified atom stereocenters. The van der Waals surface area contributed by atoms with E-state index in [0.29, 0.717) is 17.5 Å². The lowest BCUT2D eigenvalue weighted by molar-refractivity contribution is 0.0696. The summed E-state index contributed by atoms with van der Waals surface area (Å²) in [6, 6.07) is 5.29. The molecule has 116 valence electrons. The molecular formula is C16H23NO4. The molecule has 1 aromatic rings. The van der Waals surface area contributed by atoms with E-state index in [9.17, 15) is 4.79 Å². The molecule has 0 bridgehead atoms. The van der Waals surface area contributed by atoms with Crippen LogP contribution in [0.2, 0.25) is 0 Å². The molecule has 1 N–H and O–H groups in total. The molecular weight excluding hydrogens is 270 g/mol. The van der Waals surface area contributed by atoms with Gasteiger partial charge in [-0.2, -0.15) is 0 Å². The van der Waals surface area contributed by atoms with Crippen molar-refractivity contribution in [2.24, 2.45) is 0 Å². The van der Waals surface area contributed by atoms with Crippen molar-refractivity contribution in [1.29, 1.82) is 0 Å². The molecule has 0 radical (unpaired) electrons. The molecule has 21 heavy (non-hydrogen) atoms. The van der Waals surface area contributed by atoms with E-state index in [4.69, 9.17) is 14.6 Å². The average molecular weight is 293 g/mol. The maximum atomic E-state index is 11.0. The van der Waals surface area contributed by atoms with Gasteiger partial charge in [-0.3, -0.25) is 0 Å². The predicted molar refractivity (Wildman–Crippen MR) is 80.3 cm³/mol. The van der Waals surface area contributed by atoms with Gasteiger partial charge in [-0.05, 0) is 44.9 Å². The van der Waals surface area contributed by atoms with Crippen LogP contribution >= 0.6 is 0 Å². The molecule has 1 heterocycles. The SMILES string of the molecule is COc1cc(C(=O)O)ccc1OC1CCN(C(C)C)CC1. The maximum absolute atomic E-state index is 11.0. The van der Waals surface area contributed by atoms with E-state index >= 15 is 0 Å². The lowest BCUT2D eigenvalue weighted by Crippen LogP contribution is -2.41. The Morgan fingerprint density at radius 2 is 1.95 bits per heavy atom. The summed E-state index contributed by atoms with van der Waals surface area (Å²) in [6.07, 6.45) is 2.11. The third-order valence-corrected chi connectivity index (χ3v) is 3.91. The lowest BCUT2D eigenvalue weighted by atomic mass is 10.1. The lowest BCUT2D eigenvalue weighted by Gasteiger charge is -2.34. The molecule has 0 saturated carbocycles. The van der Waals surface area contributed by atoms with Crippen LogP contribution in [0.4, 0.5) is 0 Å². The van der Waals surface area contributed by atoms with Crippen molar-refractivity contribution in [2.45, 2.75) is 38.8 Å². The fourth-order valence-corrected chi connectivity index (χ4v) is 2.59. The van der Waals surface area contributed by atoms with Gasteiger partial charge < -0.3 is 19.5 Å². The molecule has 0 amide bonds. The molecule has 1 saturated heterocycles. The number of carbonyl (C=O) groups is 1. The predicted octanol–water partition coefficient (Wildman–Crippen LogP) is 2.65. The number of likely N-dealkylation sites (tertiary alicyclic amines) is 1. The fourth-order valence-electron chi connectivity index (χ4n) is 2.59. The number of benzene rings is 1. The van der Waals surface area contributed by atoms with Crippen molar-refractivity contribution in [3.8, 4) is 11.5 Å². The van der Waals surface area contributed by atoms with E-state index < -0.39 is 5.97 Å². The van der Waals surface area contributed by atoms with Gasteiger partial charge in [0.05, 0.1) is 12.7 Å². The summed E-state index contributed by atoms with van der Waals surface area (Å²) in [6.45, 7) is 6.46. The van der Waals surface area contributed by atoms with Gasteiger partial charge in [0.1, 0.15) is 6.10 Å². The number of ether oxygens (including phenoxy) is 2. The van der Waals surface area contributed by atoms with Gasteiger partial charge in [-0.15, -0.1) is 0 Å². The second-order valence-corrected chi connectivity index (χ2v) is 5.62. The van der Waals surface area contributed by atoms with E-state index in [0.717, 1.165) is 25.9 Å². The van der Waals surface area contributed by atoms with Crippen molar-refractivity contribution < 1.29 is 19.4 Å². The Morgan fingerprint density at radius 1 is 1.29 bits per heavy atom. The molecule has 0 aliphatic carbocycles. The summed E-state index contributed by atoms with van der Waals surface area (Å²) in [5.41, 5.74) is 0.203. The standard InChI is InChI=1S/C16H23NO4/c1-11(2)17-8-6-13(7-9-17)21-14-5-4-12(16(18)19)10-15(14)20-3/h4-5,10-11,13H,6-9H2,1-3H3,(H,18,19). The number of piperidine rings is 1. The smallest absolute Gasteiger partial charge is 0.335 e.